The summed E-state index contributed by atoms with van der Waals surface area (Å²) in [5, 5.41) is 1.13. The Balaban J connectivity index is 2.41. The van der Waals surface area contributed by atoms with Crippen molar-refractivity contribution < 1.29 is 4.39 Å². The standard InChI is InChI=1S/C13H14FN/c1-8-6-7-10(14)13-12(8)9-4-2-3-5-11(9)15-13/h6-7,15H,2-5H2,1H3. The summed E-state index contributed by atoms with van der Waals surface area (Å²) in [7, 11) is 0. The van der Waals surface area contributed by atoms with E-state index in [-0.39, 0.29) is 5.82 Å². The Labute approximate surface area is 88.3 Å². The van der Waals surface area contributed by atoms with Crippen molar-refractivity contribution >= 4 is 10.9 Å². The van der Waals surface area contributed by atoms with Crippen LogP contribution in [0, 0.1) is 12.7 Å². The van der Waals surface area contributed by atoms with Crippen LogP contribution in [0.4, 0.5) is 4.39 Å². The highest BCUT2D eigenvalue weighted by Gasteiger charge is 2.18. The molecule has 78 valence electrons. The van der Waals surface area contributed by atoms with Crippen LogP contribution in [0.15, 0.2) is 12.1 Å². The van der Waals surface area contributed by atoms with Gasteiger partial charge in [-0.1, -0.05) is 6.07 Å². The van der Waals surface area contributed by atoms with Gasteiger partial charge in [-0.3, -0.25) is 0 Å². The highest BCUT2D eigenvalue weighted by Crippen LogP contribution is 2.32. The van der Waals surface area contributed by atoms with Gasteiger partial charge in [0.1, 0.15) is 5.82 Å². The maximum absolute atomic E-state index is 13.6. The number of rotatable bonds is 0. The predicted octanol–water partition coefficient (Wildman–Crippen LogP) is 3.49. The summed E-state index contributed by atoms with van der Waals surface area (Å²) in [6, 6.07) is 3.43. The summed E-state index contributed by atoms with van der Waals surface area (Å²) in [6.45, 7) is 2.06. The maximum atomic E-state index is 13.6. The van der Waals surface area contributed by atoms with E-state index in [1.807, 2.05) is 6.07 Å². The zero-order valence-electron chi connectivity index (χ0n) is 8.86. The maximum Gasteiger partial charge on any atom is 0.147 e. The third kappa shape index (κ3) is 1.21. The average Bonchev–Trinajstić information content (AvgIpc) is 2.64. The molecule has 0 fully saturated rings. The van der Waals surface area contributed by atoms with Gasteiger partial charge in [-0.15, -0.1) is 0 Å². The van der Waals surface area contributed by atoms with Crippen molar-refractivity contribution in [3.05, 3.63) is 34.8 Å². The zero-order chi connectivity index (χ0) is 10.4. The topological polar surface area (TPSA) is 15.8 Å². The molecule has 0 saturated carbocycles. The van der Waals surface area contributed by atoms with Crippen molar-refractivity contribution in [3.63, 3.8) is 0 Å². The van der Waals surface area contributed by atoms with Crippen LogP contribution in [0.1, 0.15) is 29.7 Å². The van der Waals surface area contributed by atoms with E-state index in [4.69, 9.17) is 0 Å². The van der Waals surface area contributed by atoms with Crippen LogP contribution < -0.4 is 0 Å². The van der Waals surface area contributed by atoms with E-state index < -0.39 is 0 Å². The van der Waals surface area contributed by atoms with Crippen LogP contribution in [0.2, 0.25) is 0 Å². The number of H-pyrrole nitrogens is 1. The molecule has 15 heavy (non-hydrogen) atoms. The number of aromatic amines is 1. The number of halogens is 1. The Morgan fingerprint density at radius 1 is 1.20 bits per heavy atom. The molecule has 1 heterocycles. The molecular formula is C13H14FN. The lowest BCUT2D eigenvalue weighted by Gasteiger charge is -2.11. The van der Waals surface area contributed by atoms with Gasteiger partial charge in [0, 0.05) is 11.1 Å². The van der Waals surface area contributed by atoms with Crippen molar-refractivity contribution in [1.29, 1.82) is 0 Å². The molecule has 0 radical (unpaired) electrons. The fraction of sp³-hybridized carbons (Fsp3) is 0.385. The van der Waals surface area contributed by atoms with Gasteiger partial charge in [-0.25, -0.2) is 4.39 Å². The summed E-state index contributed by atoms with van der Waals surface area (Å²) >= 11 is 0. The summed E-state index contributed by atoms with van der Waals surface area (Å²) in [4.78, 5) is 3.25. The van der Waals surface area contributed by atoms with Crippen molar-refractivity contribution in [1.82, 2.24) is 4.98 Å². The normalized spacial score (nSPS) is 15.6. The Kier molecular flexibility index (Phi) is 1.84. The molecule has 2 heteroatoms. The molecule has 0 amide bonds. The fourth-order valence-corrected chi connectivity index (χ4v) is 2.66. The molecule has 0 saturated heterocycles. The molecule has 0 spiro atoms. The van der Waals surface area contributed by atoms with E-state index in [1.54, 1.807) is 6.07 Å². The molecule has 1 aliphatic rings. The highest BCUT2D eigenvalue weighted by atomic mass is 19.1. The van der Waals surface area contributed by atoms with Gasteiger partial charge in [0.15, 0.2) is 0 Å². The van der Waals surface area contributed by atoms with Crippen LogP contribution in [0.3, 0.4) is 0 Å². The van der Waals surface area contributed by atoms with Crippen LogP contribution in [0.25, 0.3) is 10.9 Å². The first-order valence-corrected chi connectivity index (χ1v) is 5.56. The third-order valence-corrected chi connectivity index (χ3v) is 3.41. The first kappa shape index (κ1) is 8.96. The minimum atomic E-state index is -0.120. The van der Waals surface area contributed by atoms with E-state index in [1.165, 1.54) is 29.7 Å². The Morgan fingerprint density at radius 2 is 2.00 bits per heavy atom. The minimum absolute atomic E-state index is 0.120. The molecule has 0 bridgehead atoms. The van der Waals surface area contributed by atoms with Gasteiger partial charge in [0.05, 0.1) is 5.52 Å². The van der Waals surface area contributed by atoms with Crippen LogP contribution >= 0.6 is 0 Å². The molecule has 2 aromatic rings. The van der Waals surface area contributed by atoms with Gasteiger partial charge in [-0.05, 0) is 49.8 Å². The van der Waals surface area contributed by atoms with E-state index in [0.717, 1.165) is 18.2 Å². The number of aromatic nitrogens is 1. The molecular weight excluding hydrogens is 189 g/mol. The molecule has 3 rings (SSSR count). The number of hydrogen-bond donors (Lipinski definition) is 1. The van der Waals surface area contributed by atoms with Crippen LogP contribution in [0.5, 0.6) is 0 Å². The molecule has 1 aromatic carbocycles. The van der Waals surface area contributed by atoms with E-state index in [2.05, 4.69) is 11.9 Å². The second-order valence-corrected chi connectivity index (χ2v) is 4.40. The van der Waals surface area contributed by atoms with Crippen LogP contribution in [-0.2, 0) is 12.8 Å². The third-order valence-electron chi connectivity index (χ3n) is 3.41. The van der Waals surface area contributed by atoms with Crippen molar-refractivity contribution in [2.45, 2.75) is 32.6 Å². The predicted molar refractivity (Wildman–Crippen MR) is 59.6 cm³/mol. The Bertz CT molecular complexity index is 525. The lowest BCUT2D eigenvalue weighted by atomic mass is 9.94. The van der Waals surface area contributed by atoms with E-state index in [9.17, 15) is 4.39 Å². The molecule has 0 unspecified atom stereocenters. The zero-order valence-corrected chi connectivity index (χ0v) is 8.86. The number of nitrogens with one attached hydrogen (secondary N) is 1. The fourth-order valence-electron chi connectivity index (χ4n) is 2.66. The van der Waals surface area contributed by atoms with E-state index >= 15 is 0 Å². The molecule has 0 aliphatic heterocycles. The van der Waals surface area contributed by atoms with Gasteiger partial charge < -0.3 is 4.98 Å². The molecule has 1 aromatic heterocycles. The second kappa shape index (κ2) is 3.09. The van der Waals surface area contributed by atoms with Crippen LogP contribution in [-0.4, -0.2) is 4.98 Å². The molecule has 1 aliphatic carbocycles. The highest BCUT2D eigenvalue weighted by molar-refractivity contribution is 5.88. The number of fused-ring (bicyclic) bond motifs is 3. The van der Waals surface area contributed by atoms with Gasteiger partial charge in [-0.2, -0.15) is 0 Å². The quantitative estimate of drug-likeness (QED) is 0.674. The Hall–Kier alpha value is -1.31. The van der Waals surface area contributed by atoms with Gasteiger partial charge >= 0.3 is 0 Å². The number of benzene rings is 1. The summed E-state index contributed by atoms with van der Waals surface area (Å²) in [5.41, 5.74) is 4.51. The first-order valence-electron chi connectivity index (χ1n) is 5.56. The second-order valence-electron chi connectivity index (χ2n) is 4.40. The minimum Gasteiger partial charge on any atom is -0.356 e. The van der Waals surface area contributed by atoms with Gasteiger partial charge in [0.2, 0.25) is 0 Å². The van der Waals surface area contributed by atoms with Crippen molar-refractivity contribution in [2.24, 2.45) is 0 Å². The summed E-state index contributed by atoms with van der Waals surface area (Å²) in [6.07, 6.45) is 4.62. The molecule has 1 N–H and O–H groups in total. The van der Waals surface area contributed by atoms with Gasteiger partial charge in [0.25, 0.3) is 0 Å². The summed E-state index contributed by atoms with van der Waals surface area (Å²) in [5.74, 6) is -0.120. The van der Waals surface area contributed by atoms with Crippen molar-refractivity contribution in [3.8, 4) is 0 Å². The van der Waals surface area contributed by atoms with E-state index in [0.29, 0.717) is 5.52 Å². The number of hydrogen-bond acceptors (Lipinski definition) is 0. The summed E-state index contributed by atoms with van der Waals surface area (Å²) < 4.78 is 13.6. The lowest BCUT2D eigenvalue weighted by Crippen LogP contribution is -2.00. The largest absolute Gasteiger partial charge is 0.356 e. The smallest absolute Gasteiger partial charge is 0.147 e. The van der Waals surface area contributed by atoms with Crippen molar-refractivity contribution in [2.75, 3.05) is 0 Å². The molecule has 1 nitrogen and oxygen atoms in total. The average molecular weight is 203 g/mol. The Morgan fingerprint density at radius 3 is 2.87 bits per heavy atom. The lowest BCUT2D eigenvalue weighted by molar-refractivity contribution is 0.636. The molecule has 0 atom stereocenters. The first-order chi connectivity index (χ1) is 7.27. The number of aryl methyl sites for hydroxylation is 3. The SMILES string of the molecule is Cc1ccc(F)c2[nH]c3c(c12)CCCC3. The monoisotopic (exact) mass is 203 g/mol.